The predicted molar refractivity (Wildman–Crippen MR) is 52.3 cm³/mol. The quantitative estimate of drug-likeness (QED) is 0.822. The Labute approximate surface area is 94.6 Å². The lowest BCUT2D eigenvalue weighted by atomic mass is 9.99. The molecule has 0 spiro atoms. The van der Waals surface area contributed by atoms with Gasteiger partial charge in [0.2, 0.25) is 0 Å². The molecule has 6 heteroatoms. The second-order valence-corrected chi connectivity index (χ2v) is 3.59. The van der Waals surface area contributed by atoms with Gasteiger partial charge in [0.1, 0.15) is 0 Å². The van der Waals surface area contributed by atoms with E-state index in [4.69, 9.17) is 16.7 Å². The van der Waals surface area contributed by atoms with Gasteiger partial charge in [-0.05, 0) is 41.8 Å². The van der Waals surface area contributed by atoms with E-state index in [1.807, 2.05) is 0 Å². The summed E-state index contributed by atoms with van der Waals surface area (Å²) in [5.41, 5.74) is -1.32. The van der Waals surface area contributed by atoms with Crippen LogP contribution in [0.1, 0.15) is 27.0 Å². The number of rotatable bonds is 2. The van der Waals surface area contributed by atoms with E-state index in [1.54, 1.807) is 0 Å². The summed E-state index contributed by atoms with van der Waals surface area (Å²) in [7, 11) is 0. The zero-order valence-corrected chi connectivity index (χ0v) is 8.99. The van der Waals surface area contributed by atoms with Gasteiger partial charge < -0.3 is 5.11 Å². The number of benzene rings is 1. The Morgan fingerprint density at radius 1 is 1.44 bits per heavy atom. The predicted octanol–water partition coefficient (Wildman–Crippen LogP) is 2.89. The van der Waals surface area contributed by atoms with Gasteiger partial charge in [0.05, 0.1) is 12.2 Å². The van der Waals surface area contributed by atoms with Crippen LogP contribution in [0.2, 0.25) is 0 Å². The molecule has 2 nitrogen and oxygen atoms in total. The van der Waals surface area contributed by atoms with E-state index in [9.17, 15) is 18.0 Å². The van der Waals surface area contributed by atoms with Gasteiger partial charge in [0.15, 0.2) is 0 Å². The van der Waals surface area contributed by atoms with Gasteiger partial charge in [-0.3, -0.25) is 4.79 Å². The van der Waals surface area contributed by atoms with Crippen LogP contribution in [0.15, 0.2) is 12.1 Å². The van der Waals surface area contributed by atoms with Crippen molar-refractivity contribution in [1.29, 1.82) is 0 Å². The molecule has 0 aliphatic heterocycles. The molecule has 0 saturated heterocycles. The van der Waals surface area contributed by atoms with Crippen molar-refractivity contribution >= 4 is 16.8 Å². The first-order valence-corrected chi connectivity index (χ1v) is 4.66. The Hall–Kier alpha value is -1.07. The van der Waals surface area contributed by atoms with Crippen LogP contribution in [-0.4, -0.2) is 10.3 Å². The highest BCUT2D eigenvalue weighted by Crippen LogP contribution is 2.34. The van der Waals surface area contributed by atoms with Crippen molar-refractivity contribution in [1.82, 2.24) is 0 Å². The fourth-order valence-electron chi connectivity index (χ4n) is 1.39. The van der Waals surface area contributed by atoms with Crippen LogP contribution in [0.5, 0.6) is 0 Å². The van der Waals surface area contributed by atoms with Crippen LogP contribution in [0.3, 0.4) is 0 Å². The number of aryl methyl sites for hydroxylation is 1. The lowest BCUT2D eigenvalue weighted by Gasteiger charge is -2.14. The first-order chi connectivity index (χ1) is 7.27. The fraction of sp³-hybridized carbons (Fsp3) is 0.300. The van der Waals surface area contributed by atoms with Crippen LogP contribution in [0.4, 0.5) is 13.2 Å². The van der Waals surface area contributed by atoms with E-state index in [0.29, 0.717) is 6.07 Å². The maximum Gasteiger partial charge on any atom is 0.416 e. The average molecular weight is 253 g/mol. The van der Waals surface area contributed by atoms with Gasteiger partial charge in [-0.2, -0.15) is 13.2 Å². The zero-order chi connectivity index (χ0) is 12.5. The van der Waals surface area contributed by atoms with Gasteiger partial charge in [-0.1, -0.05) is 0 Å². The highest BCUT2D eigenvalue weighted by Gasteiger charge is 2.34. The molecule has 16 heavy (non-hydrogen) atoms. The van der Waals surface area contributed by atoms with E-state index >= 15 is 0 Å². The van der Waals surface area contributed by atoms with E-state index in [1.165, 1.54) is 13.0 Å². The summed E-state index contributed by atoms with van der Waals surface area (Å²) in [6, 6.07) is 1.87. The van der Waals surface area contributed by atoms with E-state index in [-0.39, 0.29) is 16.7 Å². The third-order valence-corrected chi connectivity index (χ3v) is 2.38. The molecule has 0 aliphatic rings. The molecule has 1 rings (SSSR count). The van der Waals surface area contributed by atoms with Crippen molar-refractivity contribution in [3.8, 4) is 0 Å². The first-order valence-electron chi connectivity index (χ1n) is 4.28. The molecule has 1 aromatic carbocycles. The molecule has 0 saturated carbocycles. The molecule has 0 heterocycles. The summed E-state index contributed by atoms with van der Waals surface area (Å²) in [6.07, 6.45) is -4.62. The van der Waals surface area contributed by atoms with E-state index in [0.717, 1.165) is 0 Å². The molecule has 0 aromatic heterocycles. The summed E-state index contributed by atoms with van der Waals surface area (Å²) in [6.45, 7) is 0.640. The molecular weight excluding hydrogens is 245 g/mol. The molecule has 1 N–H and O–H groups in total. The van der Waals surface area contributed by atoms with Crippen LogP contribution in [-0.2, 0) is 12.8 Å². The van der Waals surface area contributed by atoms with Gasteiger partial charge in [0, 0.05) is 5.56 Å². The minimum Gasteiger partial charge on any atom is -0.392 e. The number of halogens is 4. The number of carbonyl (C=O) groups excluding carboxylic acids is 1. The Morgan fingerprint density at radius 2 is 2.00 bits per heavy atom. The van der Waals surface area contributed by atoms with Crippen molar-refractivity contribution in [3.63, 3.8) is 0 Å². The Bertz CT molecular complexity index is 427. The molecular formula is C10H8ClF3O2. The number of aliphatic hydroxyl groups excluding tert-OH is 1. The number of hydrogen-bond acceptors (Lipinski definition) is 2. The van der Waals surface area contributed by atoms with Gasteiger partial charge in [-0.25, -0.2) is 0 Å². The largest absolute Gasteiger partial charge is 0.416 e. The lowest BCUT2D eigenvalue weighted by Crippen LogP contribution is -2.12. The minimum absolute atomic E-state index is 0.182. The molecule has 0 aliphatic carbocycles. The SMILES string of the molecule is Cc1cc(C(=O)Cl)cc(C(F)(F)F)c1CO. The number of aliphatic hydroxyl groups is 1. The Balaban J connectivity index is 3.49. The smallest absolute Gasteiger partial charge is 0.392 e. The molecule has 0 radical (unpaired) electrons. The third-order valence-electron chi connectivity index (χ3n) is 2.16. The van der Waals surface area contributed by atoms with Gasteiger partial charge in [0.25, 0.3) is 5.24 Å². The lowest BCUT2D eigenvalue weighted by molar-refractivity contribution is -0.138. The van der Waals surface area contributed by atoms with Crippen molar-refractivity contribution < 1.29 is 23.1 Å². The minimum atomic E-state index is -4.62. The second kappa shape index (κ2) is 4.43. The molecule has 0 bridgehead atoms. The third kappa shape index (κ3) is 2.54. The standard InChI is InChI=1S/C10H8ClF3O2/c1-5-2-6(9(11)16)3-8(7(5)4-15)10(12,13)14/h2-3,15H,4H2,1H3. The Kier molecular flexibility index (Phi) is 3.60. The first kappa shape index (κ1) is 13.0. The zero-order valence-electron chi connectivity index (χ0n) is 8.23. The summed E-state index contributed by atoms with van der Waals surface area (Å²) < 4.78 is 37.8. The average Bonchev–Trinajstić information content (AvgIpc) is 2.14. The molecule has 0 fully saturated rings. The number of carbonyl (C=O) groups is 1. The van der Waals surface area contributed by atoms with Gasteiger partial charge >= 0.3 is 6.18 Å². The molecule has 88 valence electrons. The number of alkyl halides is 3. The fourth-order valence-corrected chi connectivity index (χ4v) is 1.50. The molecule has 1 aromatic rings. The maximum atomic E-state index is 12.6. The van der Waals surface area contributed by atoms with Crippen LogP contribution < -0.4 is 0 Å². The van der Waals surface area contributed by atoms with Crippen molar-refractivity contribution in [3.05, 3.63) is 34.4 Å². The highest BCUT2D eigenvalue weighted by atomic mass is 35.5. The van der Waals surface area contributed by atoms with Crippen LogP contribution in [0.25, 0.3) is 0 Å². The summed E-state index contributed by atoms with van der Waals surface area (Å²) in [5.74, 6) is 0. The number of hydrogen-bond donors (Lipinski definition) is 1. The molecule has 0 atom stereocenters. The van der Waals surface area contributed by atoms with Gasteiger partial charge in [-0.15, -0.1) is 0 Å². The van der Waals surface area contributed by atoms with Crippen LogP contribution >= 0.6 is 11.6 Å². The highest BCUT2D eigenvalue weighted by molar-refractivity contribution is 6.67. The maximum absolute atomic E-state index is 12.6. The summed E-state index contributed by atoms with van der Waals surface area (Å²) in [4.78, 5) is 10.8. The van der Waals surface area contributed by atoms with Crippen molar-refractivity contribution in [2.24, 2.45) is 0 Å². The Morgan fingerprint density at radius 3 is 2.38 bits per heavy atom. The summed E-state index contributed by atoms with van der Waals surface area (Å²) in [5, 5.41) is 7.91. The normalized spacial score (nSPS) is 11.6. The molecule has 0 unspecified atom stereocenters. The van der Waals surface area contributed by atoms with E-state index < -0.39 is 23.6 Å². The van der Waals surface area contributed by atoms with Crippen molar-refractivity contribution in [2.75, 3.05) is 0 Å². The topological polar surface area (TPSA) is 37.3 Å². The monoisotopic (exact) mass is 252 g/mol. The second-order valence-electron chi connectivity index (χ2n) is 3.25. The molecule has 0 amide bonds. The van der Waals surface area contributed by atoms with Crippen molar-refractivity contribution in [2.45, 2.75) is 19.7 Å². The van der Waals surface area contributed by atoms with Crippen LogP contribution in [0, 0.1) is 6.92 Å². The summed E-state index contributed by atoms with van der Waals surface area (Å²) >= 11 is 5.12. The van der Waals surface area contributed by atoms with E-state index in [2.05, 4.69) is 0 Å².